The molecule has 0 aliphatic heterocycles. The third-order valence-corrected chi connectivity index (χ3v) is 1.99. The molecule has 2 amide bonds. The fourth-order valence-electron chi connectivity index (χ4n) is 1.03. The Morgan fingerprint density at radius 2 is 2.06 bits per heavy atom. The first kappa shape index (κ1) is 13.0. The molecule has 1 aromatic carbocycles. The first-order valence-electron chi connectivity index (χ1n) is 5.10. The van der Waals surface area contributed by atoms with Crippen molar-refractivity contribution in [3.8, 4) is 5.75 Å². The minimum Gasteiger partial charge on any atom is -0.497 e. The van der Waals surface area contributed by atoms with Gasteiger partial charge in [0.2, 0.25) is 0 Å². The van der Waals surface area contributed by atoms with Crippen molar-refractivity contribution in [1.82, 2.24) is 5.43 Å². The molecule has 0 atom stereocenters. The molecule has 0 aliphatic rings. The number of carbonyl (C=O) groups excluding carboxylic acids is 1. The van der Waals surface area contributed by atoms with Gasteiger partial charge in [0, 0.05) is 17.9 Å². The second-order valence-corrected chi connectivity index (χ2v) is 3.35. The van der Waals surface area contributed by atoms with Gasteiger partial charge < -0.3 is 15.8 Å². The van der Waals surface area contributed by atoms with Gasteiger partial charge >= 0.3 is 6.03 Å². The number of amides is 2. The largest absolute Gasteiger partial charge is 0.497 e. The number of methoxy groups -OCH3 is 1. The van der Waals surface area contributed by atoms with Gasteiger partial charge in [0.1, 0.15) is 5.75 Å². The second kappa shape index (κ2) is 6.49. The summed E-state index contributed by atoms with van der Waals surface area (Å²) >= 11 is 0. The van der Waals surface area contributed by atoms with Gasteiger partial charge in [-0.3, -0.25) is 0 Å². The summed E-state index contributed by atoms with van der Waals surface area (Å²) in [5, 5.41) is 6.40. The lowest BCUT2D eigenvalue weighted by atomic mass is 10.3. The van der Waals surface area contributed by atoms with E-state index in [0.29, 0.717) is 17.9 Å². The molecule has 6 heteroatoms. The molecule has 4 N–H and O–H groups in total. The van der Waals surface area contributed by atoms with Crippen LogP contribution in [0.4, 0.5) is 10.5 Å². The summed E-state index contributed by atoms with van der Waals surface area (Å²) in [7, 11) is 1.58. The number of nitrogens with zero attached hydrogens (tertiary/aromatic N) is 1. The van der Waals surface area contributed by atoms with Crippen LogP contribution < -0.4 is 21.2 Å². The number of hydrazone groups is 1. The van der Waals surface area contributed by atoms with Crippen molar-refractivity contribution < 1.29 is 9.53 Å². The zero-order chi connectivity index (χ0) is 12.7. The molecular weight excluding hydrogens is 220 g/mol. The van der Waals surface area contributed by atoms with E-state index in [1.165, 1.54) is 0 Å². The SMILES string of the molecule is COc1ccc(NC(=O)NN=C(C)CN)cc1. The average molecular weight is 236 g/mol. The third-order valence-electron chi connectivity index (χ3n) is 1.99. The zero-order valence-electron chi connectivity index (χ0n) is 9.86. The van der Waals surface area contributed by atoms with Crippen molar-refractivity contribution in [2.45, 2.75) is 6.92 Å². The fourth-order valence-corrected chi connectivity index (χ4v) is 1.03. The monoisotopic (exact) mass is 236 g/mol. The number of ether oxygens (including phenoxy) is 1. The van der Waals surface area contributed by atoms with E-state index in [1.807, 2.05) is 0 Å². The van der Waals surface area contributed by atoms with Crippen molar-refractivity contribution in [2.75, 3.05) is 19.0 Å². The minimum atomic E-state index is -0.414. The van der Waals surface area contributed by atoms with E-state index in [-0.39, 0.29) is 0 Å². The van der Waals surface area contributed by atoms with Gasteiger partial charge in [0.05, 0.1) is 7.11 Å². The maximum absolute atomic E-state index is 11.4. The molecule has 1 rings (SSSR count). The van der Waals surface area contributed by atoms with Gasteiger partial charge in [0.15, 0.2) is 0 Å². The molecule has 1 aromatic rings. The first-order chi connectivity index (χ1) is 8.15. The van der Waals surface area contributed by atoms with E-state index in [1.54, 1.807) is 38.3 Å². The van der Waals surface area contributed by atoms with Crippen LogP contribution in [0.5, 0.6) is 5.75 Å². The molecule has 0 fully saturated rings. The smallest absolute Gasteiger partial charge is 0.339 e. The molecule has 0 aromatic heterocycles. The maximum Gasteiger partial charge on any atom is 0.339 e. The van der Waals surface area contributed by atoms with Crippen LogP contribution in [0.1, 0.15) is 6.92 Å². The Morgan fingerprint density at radius 3 is 2.59 bits per heavy atom. The number of carbonyl (C=O) groups is 1. The van der Waals surface area contributed by atoms with E-state index in [0.717, 1.165) is 5.75 Å². The van der Waals surface area contributed by atoms with Crippen LogP contribution in [0.15, 0.2) is 29.4 Å². The summed E-state index contributed by atoms with van der Waals surface area (Å²) in [5.41, 5.74) is 8.97. The van der Waals surface area contributed by atoms with E-state index in [2.05, 4.69) is 15.8 Å². The van der Waals surface area contributed by atoms with Crippen LogP contribution >= 0.6 is 0 Å². The predicted molar refractivity (Wildman–Crippen MR) is 67.3 cm³/mol. The first-order valence-corrected chi connectivity index (χ1v) is 5.10. The van der Waals surface area contributed by atoms with Gasteiger partial charge in [-0.1, -0.05) is 0 Å². The average Bonchev–Trinajstić information content (AvgIpc) is 2.36. The lowest BCUT2D eigenvalue weighted by Crippen LogP contribution is -2.26. The Kier molecular flexibility index (Phi) is 4.96. The highest BCUT2D eigenvalue weighted by atomic mass is 16.5. The van der Waals surface area contributed by atoms with E-state index in [9.17, 15) is 4.79 Å². The number of hydrogen-bond acceptors (Lipinski definition) is 4. The van der Waals surface area contributed by atoms with Gasteiger partial charge in [-0.05, 0) is 31.2 Å². The van der Waals surface area contributed by atoms with Gasteiger partial charge in [-0.15, -0.1) is 0 Å². The standard InChI is InChI=1S/C11H16N4O2/c1-8(7-12)14-15-11(16)13-9-3-5-10(17-2)6-4-9/h3-6H,7,12H2,1-2H3,(H2,13,15,16). The number of urea groups is 1. The molecule has 0 aliphatic carbocycles. The Bertz CT molecular complexity index is 400. The van der Waals surface area contributed by atoms with Crippen LogP contribution in [-0.4, -0.2) is 25.4 Å². The van der Waals surface area contributed by atoms with Crippen LogP contribution in [-0.2, 0) is 0 Å². The Hall–Kier alpha value is -2.08. The van der Waals surface area contributed by atoms with Crippen molar-refractivity contribution in [2.24, 2.45) is 10.8 Å². The normalized spacial score (nSPS) is 10.9. The highest BCUT2D eigenvalue weighted by Crippen LogP contribution is 2.14. The zero-order valence-corrected chi connectivity index (χ0v) is 9.86. The Balaban J connectivity index is 2.50. The summed E-state index contributed by atoms with van der Waals surface area (Å²) in [5.74, 6) is 0.730. The summed E-state index contributed by atoms with van der Waals surface area (Å²) in [4.78, 5) is 11.4. The van der Waals surface area contributed by atoms with Crippen LogP contribution in [0.25, 0.3) is 0 Å². The van der Waals surface area contributed by atoms with Crippen molar-refractivity contribution >= 4 is 17.4 Å². The van der Waals surface area contributed by atoms with Crippen molar-refractivity contribution in [1.29, 1.82) is 0 Å². The quantitative estimate of drug-likeness (QED) is 0.541. The third kappa shape index (κ3) is 4.52. The second-order valence-electron chi connectivity index (χ2n) is 3.35. The molecule has 0 heterocycles. The van der Waals surface area contributed by atoms with Gasteiger partial charge in [-0.25, -0.2) is 10.2 Å². The molecular formula is C11H16N4O2. The summed E-state index contributed by atoms with van der Waals surface area (Å²) in [6, 6.07) is 6.56. The molecule has 0 saturated carbocycles. The summed E-state index contributed by atoms with van der Waals surface area (Å²) in [6.07, 6.45) is 0. The lowest BCUT2D eigenvalue weighted by Gasteiger charge is -2.05. The summed E-state index contributed by atoms with van der Waals surface area (Å²) < 4.78 is 5.00. The summed E-state index contributed by atoms with van der Waals surface area (Å²) in [6.45, 7) is 2.04. The minimum absolute atomic E-state index is 0.308. The van der Waals surface area contributed by atoms with E-state index >= 15 is 0 Å². The highest BCUT2D eigenvalue weighted by molar-refractivity contribution is 5.91. The lowest BCUT2D eigenvalue weighted by molar-refractivity contribution is 0.252. The van der Waals surface area contributed by atoms with Crippen LogP contribution in [0.3, 0.4) is 0 Å². The predicted octanol–water partition coefficient (Wildman–Crippen LogP) is 1.15. The number of hydrogen-bond donors (Lipinski definition) is 3. The van der Waals surface area contributed by atoms with E-state index in [4.69, 9.17) is 10.5 Å². The maximum atomic E-state index is 11.4. The highest BCUT2D eigenvalue weighted by Gasteiger charge is 2.00. The molecule has 0 unspecified atom stereocenters. The van der Waals surface area contributed by atoms with Gasteiger partial charge in [0.25, 0.3) is 0 Å². The number of anilines is 1. The number of benzene rings is 1. The molecule has 0 bridgehead atoms. The Labute approximate surface area is 99.8 Å². The number of rotatable bonds is 4. The molecule has 17 heavy (non-hydrogen) atoms. The van der Waals surface area contributed by atoms with Crippen LogP contribution in [0, 0.1) is 0 Å². The van der Waals surface area contributed by atoms with Crippen molar-refractivity contribution in [3.05, 3.63) is 24.3 Å². The number of nitrogens with two attached hydrogens (primary N) is 1. The van der Waals surface area contributed by atoms with E-state index < -0.39 is 6.03 Å². The molecule has 92 valence electrons. The number of nitrogens with one attached hydrogen (secondary N) is 2. The van der Waals surface area contributed by atoms with Crippen molar-refractivity contribution in [3.63, 3.8) is 0 Å². The molecule has 0 saturated heterocycles. The molecule has 0 spiro atoms. The molecule has 0 radical (unpaired) electrons. The van der Waals surface area contributed by atoms with Gasteiger partial charge in [-0.2, -0.15) is 5.10 Å². The fraction of sp³-hybridized carbons (Fsp3) is 0.273. The Morgan fingerprint density at radius 1 is 1.41 bits per heavy atom. The topological polar surface area (TPSA) is 88.7 Å². The molecule has 6 nitrogen and oxygen atoms in total. The van der Waals surface area contributed by atoms with Crippen LogP contribution in [0.2, 0.25) is 0 Å².